The van der Waals surface area contributed by atoms with Gasteiger partial charge in [0.15, 0.2) is 0 Å². The Bertz CT molecular complexity index is 185. The summed E-state index contributed by atoms with van der Waals surface area (Å²) in [6, 6.07) is 0.0315. The molecule has 1 rings (SSSR count). The first-order chi connectivity index (χ1) is 5.24. The van der Waals surface area contributed by atoms with Crippen LogP contribution in [0, 0.1) is 0 Å². The van der Waals surface area contributed by atoms with Gasteiger partial charge in [-0.3, -0.25) is 4.99 Å². The van der Waals surface area contributed by atoms with E-state index in [4.69, 9.17) is 10.5 Å². The zero-order valence-corrected chi connectivity index (χ0v) is 6.95. The van der Waals surface area contributed by atoms with Gasteiger partial charge in [0.2, 0.25) is 0 Å². The Morgan fingerprint density at radius 1 is 1.82 bits per heavy atom. The highest BCUT2D eigenvalue weighted by molar-refractivity contribution is 5.66. The molecule has 11 heavy (non-hydrogen) atoms. The van der Waals surface area contributed by atoms with E-state index in [1.807, 2.05) is 13.0 Å². The SMILES string of the molecule is COC1C=NC(C(C)N)=CC1. The molecule has 1 aliphatic heterocycles. The molecule has 0 saturated carbocycles. The third-order valence-corrected chi connectivity index (χ3v) is 1.72. The molecule has 2 unspecified atom stereocenters. The van der Waals surface area contributed by atoms with Gasteiger partial charge in [-0.2, -0.15) is 0 Å². The van der Waals surface area contributed by atoms with Gasteiger partial charge in [0, 0.05) is 19.4 Å². The van der Waals surface area contributed by atoms with Crippen LogP contribution in [0.25, 0.3) is 0 Å². The van der Waals surface area contributed by atoms with Crippen molar-refractivity contribution in [3.8, 4) is 0 Å². The zero-order valence-electron chi connectivity index (χ0n) is 6.95. The van der Waals surface area contributed by atoms with Gasteiger partial charge in [0.1, 0.15) is 0 Å². The van der Waals surface area contributed by atoms with Gasteiger partial charge in [-0.1, -0.05) is 6.08 Å². The molecule has 2 N–H and O–H groups in total. The molecular weight excluding hydrogens is 140 g/mol. The maximum atomic E-state index is 5.63. The molecule has 0 saturated heterocycles. The fourth-order valence-electron chi connectivity index (χ4n) is 0.980. The lowest BCUT2D eigenvalue weighted by Gasteiger charge is -2.15. The van der Waals surface area contributed by atoms with E-state index in [-0.39, 0.29) is 12.1 Å². The van der Waals surface area contributed by atoms with E-state index in [1.165, 1.54) is 0 Å². The van der Waals surface area contributed by atoms with Crippen LogP contribution in [0.15, 0.2) is 16.8 Å². The molecule has 0 aromatic carbocycles. The Kier molecular flexibility index (Phi) is 2.79. The Morgan fingerprint density at radius 3 is 2.91 bits per heavy atom. The summed E-state index contributed by atoms with van der Waals surface area (Å²) in [5.41, 5.74) is 6.59. The number of methoxy groups -OCH3 is 1. The van der Waals surface area contributed by atoms with Crippen molar-refractivity contribution in [1.82, 2.24) is 0 Å². The molecule has 1 aliphatic rings. The fourth-order valence-corrected chi connectivity index (χ4v) is 0.980. The van der Waals surface area contributed by atoms with Crippen molar-refractivity contribution >= 4 is 6.21 Å². The fraction of sp³-hybridized carbons (Fsp3) is 0.625. The van der Waals surface area contributed by atoms with Crippen LogP contribution < -0.4 is 5.73 Å². The monoisotopic (exact) mass is 154 g/mol. The number of nitrogens with two attached hydrogens (primary N) is 1. The maximum Gasteiger partial charge on any atom is 0.0957 e. The molecule has 0 fully saturated rings. The number of hydrogen-bond donors (Lipinski definition) is 1. The lowest BCUT2D eigenvalue weighted by Crippen LogP contribution is -2.22. The van der Waals surface area contributed by atoms with Crippen molar-refractivity contribution in [2.24, 2.45) is 10.7 Å². The second-order valence-electron chi connectivity index (χ2n) is 2.71. The summed E-state index contributed by atoms with van der Waals surface area (Å²) in [5.74, 6) is 0. The van der Waals surface area contributed by atoms with Crippen molar-refractivity contribution in [1.29, 1.82) is 0 Å². The summed E-state index contributed by atoms with van der Waals surface area (Å²) in [6.45, 7) is 1.93. The molecule has 0 aromatic rings. The third-order valence-electron chi connectivity index (χ3n) is 1.72. The lowest BCUT2D eigenvalue weighted by atomic mass is 10.1. The summed E-state index contributed by atoms with van der Waals surface area (Å²) in [4.78, 5) is 4.17. The number of rotatable bonds is 2. The summed E-state index contributed by atoms with van der Waals surface area (Å²) in [7, 11) is 1.68. The average molecular weight is 154 g/mol. The quantitative estimate of drug-likeness (QED) is 0.636. The smallest absolute Gasteiger partial charge is 0.0957 e. The van der Waals surface area contributed by atoms with Crippen LogP contribution in [-0.2, 0) is 4.74 Å². The standard InChI is InChI=1S/C8H14N2O/c1-6(9)8-4-3-7(11-2)5-10-8/h4-7H,3,9H2,1-2H3. The highest BCUT2D eigenvalue weighted by atomic mass is 16.5. The normalized spacial score (nSPS) is 26.5. The minimum absolute atomic E-state index is 0.0315. The van der Waals surface area contributed by atoms with E-state index >= 15 is 0 Å². The summed E-state index contributed by atoms with van der Waals surface area (Å²) >= 11 is 0. The second-order valence-corrected chi connectivity index (χ2v) is 2.71. The molecule has 0 bridgehead atoms. The maximum absolute atomic E-state index is 5.63. The molecule has 0 spiro atoms. The first-order valence-electron chi connectivity index (χ1n) is 3.76. The van der Waals surface area contributed by atoms with Crippen LogP contribution in [-0.4, -0.2) is 25.5 Å². The lowest BCUT2D eigenvalue weighted by molar-refractivity contribution is 0.160. The van der Waals surface area contributed by atoms with Crippen LogP contribution >= 0.6 is 0 Å². The molecule has 62 valence electrons. The molecule has 0 aromatic heterocycles. The predicted molar refractivity (Wildman–Crippen MR) is 45.6 cm³/mol. The predicted octanol–water partition coefficient (Wildman–Crippen LogP) is 0.707. The second kappa shape index (κ2) is 3.64. The minimum Gasteiger partial charge on any atom is -0.375 e. The van der Waals surface area contributed by atoms with Gasteiger partial charge in [-0.05, 0) is 13.3 Å². The van der Waals surface area contributed by atoms with Gasteiger partial charge >= 0.3 is 0 Å². The molecule has 3 heteroatoms. The van der Waals surface area contributed by atoms with Crippen LogP contribution in [0.4, 0.5) is 0 Å². The van der Waals surface area contributed by atoms with Crippen LogP contribution in [0.5, 0.6) is 0 Å². The van der Waals surface area contributed by atoms with Crippen molar-refractivity contribution < 1.29 is 4.74 Å². The minimum atomic E-state index is 0.0315. The number of nitrogens with zero attached hydrogens (tertiary/aromatic N) is 1. The number of hydrogen-bond acceptors (Lipinski definition) is 3. The molecule has 0 amide bonds. The molecule has 2 atom stereocenters. The summed E-state index contributed by atoms with van der Waals surface area (Å²) in [6.07, 6.45) is 4.85. The Balaban J connectivity index is 2.53. The van der Waals surface area contributed by atoms with E-state index in [0.29, 0.717) is 0 Å². The summed E-state index contributed by atoms with van der Waals surface area (Å²) < 4.78 is 5.08. The Hall–Kier alpha value is -0.670. The van der Waals surface area contributed by atoms with E-state index in [2.05, 4.69) is 4.99 Å². The van der Waals surface area contributed by atoms with Crippen molar-refractivity contribution in [3.05, 3.63) is 11.8 Å². The van der Waals surface area contributed by atoms with Crippen LogP contribution in [0.2, 0.25) is 0 Å². The van der Waals surface area contributed by atoms with Gasteiger partial charge in [0.25, 0.3) is 0 Å². The first kappa shape index (κ1) is 8.43. The molecular formula is C8H14N2O. The Morgan fingerprint density at radius 2 is 2.55 bits per heavy atom. The van der Waals surface area contributed by atoms with Crippen molar-refractivity contribution in [3.63, 3.8) is 0 Å². The van der Waals surface area contributed by atoms with Crippen LogP contribution in [0.1, 0.15) is 13.3 Å². The van der Waals surface area contributed by atoms with Gasteiger partial charge < -0.3 is 10.5 Å². The van der Waals surface area contributed by atoms with Gasteiger partial charge in [-0.25, -0.2) is 0 Å². The number of aliphatic imine (C=N–C) groups is 1. The van der Waals surface area contributed by atoms with E-state index in [0.717, 1.165) is 12.1 Å². The highest BCUT2D eigenvalue weighted by Crippen LogP contribution is 2.10. The van der Waals surface area contributed by atoms with Crippen molar-refractivity contribution in [2.75, 3.05) is 7.11 Å². The van der Waals surface area contributed by atoms with E-state index < -0.39 is 0 Å². The summed E-state index contributed by atoms with van der Waals surface area (Å²) in [5, 5.41) is 0. The van der Waals surface area contributed by atoms with Crippen molar-refractivity contribution in [2.45, 2.75) is 25.5 Å². The first-order valence-corrected chi connectivity index (χ1v) is 3.76. The third kappa shape index (κ3) is 2.13. The molecule has 0 radical (unpaired) electrons. The highest BCUT2D eigenvalue weighted by Gasteiger charge is 2.10. The van der Waals surface area contributed by atoms with Crippen LogP contribution in [0.3, 0.4) is 0 Å². The van der Waals surface area contributed by atoms with E-state index in [1.54, 1.807) is 13.3 Å². The van der Waals surface area contributed by atoms with E-state index in [9.17, 15) is 0 Å². The zero-order chi connectivity index (χ0) is 8.27. The average Bonchev–Trinajstić information content (AvgIpc) is 2.05. The molecule has 1 heterocycles. The van der Waals surface area contributed by atoms with Gasteiger partial charge in [-0.15, -0.1) is 0 Å². The number of ether oxygens (including phenoxy) is 1. The largest absolute Gasteiger partial charge is 0.375 e. The van der Waals surface area contributed by atoms with Gasteiger partial charge in [0.05, 0.1) is 11.8 Å². The molecule has 3 nitrogen and oxygen atoms in total. The topological polar surface area (TPSA) is 47.6 Å². The Labute approximate surface area is 66.9 Å². The molecule has 0 aliphatic carbocycles.